The average molecular weight is 426 g/mol. The number of non-ortho nitro benzene ring substituents is 1. The number of aliphatic hydroxyl groups is 1. The summed E-state index contributed by atoms with van der Waals surface area (Å²) in [6.45, 7) is -0.323. The number of imide groups is 1. The zero-order chi connectivity index (χ0) is 22.2. The van der Waals surface area contributed by atoms with Crippen molar-refractivity contribution in [2.24, 2.45) is 11.8 Å². The highest BCUT2D eigenvalue weighted by Crippen LogP contribution is 2.64. The third kappa shape index (κ3) is 2.08. The molecule has 7 nitrogen and oxygen atoms in total. The van der Waals surface area contributed by atoms with E-state index in [4.69, 9.17) is 0 Å². The Hall–Kier alpha value is -3.84. The van der Waals surface area contributed by atoms with Gasteiger partial charge in [-0.1, -0.05) is 54.6 Å². The van der Waals surface area contributed by atoms with Gasteiger partial charge in [-0.3, -0.25) is 19.7 Å². The first kappa shape index (κ1) is 18.9. The van der Waals surface area contributed by atoms with Gasteiger partial charge in [0.05, 0.1) is 34.5 Å². The van der Waals surface area contributed by atoms with Crippen molar-refractivity contribution in [1.29, 1.82) is 0 Å². The normalized spacial score (nSPS) is 27.2. The molecular weight excluding hydrogens is 408 g/mol. The highest BCUT2D eigenvalue weighted by Gasteiger charge is 2.68. The molecule has 0 saturated carbocycles. The molecule has 2 amide bonds. The van der Waals surface area contributed by atoms with Crippen LogP contribution in [-0.2, 0) is 15.0 Å². The molecule has 1 saturated heterocycles. The maximum absolute atomic E-state index is 13.8. The van der Waals surface area contributed by atoms with Crippen molar-refractivity contribution in [3.05, 3.63) is 105 Å². The monoisotopic (exact) mass is 426 g/mol. The van der Waals surface area contributed by atoms with Crippen molar-refractivity contribution >= 4 is 23.2 Å². The number of hydrogen-bond donors (Lipinski definition) is 1. The molecule has 0 unspecified atom stereocenters. The maximum Gasteiger partial charge on any atom is 0.271 e. The van der Waals surface area contributed by atoms with E-state index in [2.05, 4.69) is 0 Å². The molecule has 158 valence electrons. The molecule has 1 heterocycles. The molecule has 32 heavy (non-hydrogen) atoms. The standard InChI is InChI=1S/C25H18N2O5/c28-13-25-18-10-3-1-8-16(18)20(17-9-2-4-11-19(17)25)21-22(25)24(30)26(23(21)29)14-6-5-7-15(12-14)27(31)32/h1-12,20-22,28H,13H2/t20?,21-,22+,25?/m0/s1. The van der Waals surface area contributed by atoms with Crippen LogP contribution in [-0.4, -0.2) is 28.5 Å². The van der Waals surface area contributed by atoms with Gasteiger partial charge in [-0.05, 0) is 28.3 Å². The molecular formula is C25H18N2O5. The third-order valence-corrected chi connectivity index (χ3v) is 7.34. The molecule has 3 aromatic carbocycles. The van der Waals surface area contributed by atoms with Gasteiger partial charge in [0, 0.05) is 18.1 Å². The Morgan fingerprint density at radius 3 is 2.12 bits per heavy atom. The molecule has 2 atom stereocenters. The van der Waals surface area contributed by atoms with E-state index in [-0.39, 0.29) is 29.8 Å². The van der Waals surface area contributed by atoms with Gasteiger partial charge in [0.1, 0.15) is 0 Å². The van der Waals surface area contributed by atoms with Gasteiger partial charge >= 0.3 is 0 Å². The van der Waals surface area contributed by atoms with Crippen LogP contribution < -0.4 is 4.90 Å². The van der Waals surface area contributed by atoms with Crippen molar-refractivity contribution < 1.29 is 19.6 Å². The van der Waals surface area contributed by atoms with Crippen LogP contribution in [0.3, 0.4) is 0 Å². The van der Waals surface area contributed by atoms with Gasteiger partial charge in [0.15, 0.2) is 0 Å². The highest BCUT2D eigenvalue weighted by atomic mass is 16.6. The molecule has 3 aliphatic carbocycles. The van der Waals surface area contributed by atoms with Gasteiger partial charge in [0.2, 0.25) is 11.8 Å². The van der Waals surface area contributed by atoms with Crippen LogP contribution >= 0.6 is 0 Å². The second-order valence-electron chi connectivity index (χ2n) is 8.57. The van der Waals surface area contributed by atoms with Crippen LogP contribution in [0.15, 0.2) is 72.8 Å². The van der Waals surface area contributed by atoms with Crippen LogP contribution in [0, 0.1) is 22.0 Å². The summed E-state index contributed by atoms with van der Waals surface area (Å²) in [4.78, 5) is 39.4. The van der Waals surface area contributed by atoms with Gasteiger partial charge in [-0.25, -0.2) is 4.90 Å². The number of hydrogen-bond acceptors (Lipinski definition) is 5. The fourth-order valence-electron chi connectivity index (χ4n) is 6.20. The number of amides is 2. The Morgan fingerprint density at radius 1 is 0.906 bits per heavy atom. The minimum absolute atomic E-state index is 0.184. The van der Waals surface area contributed by atoms with Crippen molar-refractivity contribution in [2.45, 2.75) is 11.3 Å². The van der Waals surface area contributed by atoms with E-state index in [0.29, 0.717) is 0 Å². The molecule has 0 aromatic heterocycles. The summed E-state index contributed by atoms with van der Waals surface area (Å²) in [5.41, 5.74) is 2.58. The second kappa shape index (κ2) is 6.34. The first-order valence-electron chi connectivity index (χ1n) is 10.4. The smallest absolute Gasteiger partial charge is 0.271 e. The molecule has 1 aliphatic heterocycles. The minimum atomic E-state index is -1.05. The summed E-state index contributed by atoms with van der Waals surface area (Å²) in [7, 11) is 0. The van der Waals surface area contributed by atoms with E-state index in [1.807, 2.05) is 48.5 Å². The Balaban J connectivity index is 1.61. The third-order valence-electron chi connectivity index (χ3n) is 7.34. The van der Waals surface area contributed by atoms with Crippen LogP contribution in [0.4, 0.5) is 11.4 Å². The zero-order valence-corrected chi connectivity index (χ0v) is 16.8. The number of aliphatic hydroxyl groups excluding tert-OH is 1. The molecule has 7 rings (SSSR count). The number of carbonyl (C=O) groups excluding carboxylic acids is 2. The largest absolute Gasteiger partial charge is 0.395 e. The van der Waals surface area contributed by atoms with Gasteiger partial charge in [-0.2, -0.15) is 0 Å². The zero-order valence-electron chi connectivity index (χ0n) is 16.8. The Kier molecular flexibility index (Phi) is 3.74. The van der Waals surface area contributed by atoms with E-state index >= 15 is 0 Å². The van der Waals surface area contributed by atoms with Crippen LogP contribution in [0.5, 0.6) is 0 Å². The van der Waals surface area contributed by atoms with Crippen LogP contribution in [0.2, 0.25) is 0 Å². The van der Waals surface area contributed by atoms with Crippen LogP contribution in [0.1, 0.15) is 28.2 Å². The van der Waals surface area contributed by atoms with Crippen molar-refractivity contribution in [1.82, 2.24) is 0 Å². The molecule has 7 heteroatoms. The number of nitrogens with zero attached hydrogens (tertiary/aromatic N) is 2. The summed E-state index contributed by atoms with van der Waals surface area (Å²) in [6.07, 6.45) is 0. The lowest BCUT2D eigenvalue weighted by Gasteiger charge is -2.53. The van der Waals surface area contributed by atoms with Gasteiger partial charge in [0.25, 0.3) is 5.69 Å². The first-order valence-corrected chi connectivity index (χ1v) is 10.4. The van der Waals surface area contributed by atoms with E-state index in [1.165, 1.54) is 24.3 Å². The van der Waals surface area contributed by atoms with Crippen molar-refractivity contribution in [3.8, 4) is 0 Å². The Bertz CT molecular complexity index is 1290. The SMILES string of the molecule is O=C1[C@H]2C3c4ccccc4C(CO)(c4ccccc43)[C@H]2C(=O)N1c1cccc([N+](=O)[O-])c1. The van der Waals surface area contributed by atoms with Crippen molar-refractivity contribution in [2.75, 3.05) is 11.5 Å². The highest BCUT2D eigenvalue weighted by molar-refractivity contribution is 6.23. The predicted octanol–water partition coefficient (Wildman–Crippen LogP) is 3.14. The number of anilines is 1. The first-order chi connectivity index (χ1) is 15.5. The fourth-order valence-corrected chi connectivity index (χ4v) is 6.20. The summed E-state index contributed by atoms with van der Waals surface area (Å²) in [5, 5.41) is 22.1. The Labute approximate surface area is 183 Å². The lowest BCUT2D eigenvalue weighted by molar-refractivity contribution is -0.384. The molecule has 0 radical (unpaired) electrons. The summed E-state index contributed by atoms with van der Waals surface area (Å²) < 4.78 is 0. The molecule has 2 bridgehead atoms. The molecule has 1 N–H and O–H groups in total. The van der Waals surface area contributed by atoms with Gasteiger partial charge in [-0.15, -0.1) is 0 Å². The molecule has 0 spiro atoms. The minimum Gasteiger partial charge on any atom is -0.395 e. The molecule has 1 fully saturated rings. The van der Waals surface area contributed by atoms with E-state index in [1.54, 1.807) is 0 Å². The average Bonchev–Trinajstić information content (AvgIpc) is 3.10. The number of nitro benzene ring substituents is 1. The van der Waals surface area contributed by atoms with Gasteiger partial charge < -0.3 is 5.11 Å². The van der Waals surface area contributed by atoms with E-state index in [0.717, 1.165) is 27.2 Å². The molecule has 4 aliphatic rings. The summed E-state index contributed by atoms with van der Waals surface area (Å²) in [6, 6.07) is 20.9. The number of carbonyl (C=O) groups is 2. The lowest BCUT2D eigenvalue weighted by atomic mass is 9.47. The van der Waals surface area contributed by atoms with E-state index < -0.39 is 28.1 Å². The topological polar surface area (TPSA) is 101 Å². The Morgan fingerprint density at radius 2 is 1.53 bits per heavy atom. The summed E-state index contributed by atoms with van der Waals surface area (Å²) in [5.74, 6) is -2.59. The molecule has 3 aromatic rings. The maximum atomic E-state index is 13.8. The second-order valence-corrected chi connectivity index (χ2v) is 8.57. The van der Waals surface area contributed by atoms with Crippen LogP contribution in [0.25, 0.3) is 0 Å². The quantitative estimate of drug-likeness (QED) is 0.394. The number of nitro groups is 1. The van der Waals surface area contributed by atoms with Crippen molar-refractivity contribution in [3.63, 3.8) is 0 Å². The summed E-state index contributed by atoms with van der Waals surface area (Å²) >= 11 is 0. The lowest BCUT2D eigenvalue weighted by Crippen LogP contribution is -2.55. The van der Waals surface area contributed by atoms with E-state index in [9.17, 15) is 24.8 Å². The number of rotatable bonds is 3. The number of benzene rings is 3. The predicted molar refractivity (Wildman–Crippen MR) is 115 cm³/mol. The fraction of sp³-hybridized carbons (Fsp3) is 0.200.